The van der Waals surface area contributed by atoms with E-state index in [1.807, 2.05) is 43.5 Å². The molecule has 0 saturated heterocycles. The number of carbonyl (C=O) groups excluding carboxylic acids is 1. The van der Waals surface area contributed by atoms with Gasteiger partial charge in [-0.2, -0.15) is 0 Å². The molecule has 94 valence electrons. The van der Waals surface area contributed by atoms with Crippen LogP contribution in [0.3, 0.4) is 0 Å². The second-order valence-electron chi connectivity index (χ2n) is 3.81. The van der Waals surface area contributed by atoms with Gasteiger partial charge in [-0.25, -0.2) is 0 Å². The van der Waals surface area contributed by atoms with E-state index in [9.17, 15) is 4.79 Å². The summed E-state index contributed by atoms with van der Waals surface area (Å²) in [5.41, 5.74) is 0.779. The molecule has 3 nitrogen and oxygen atoms in total. The summed E-state index contributed by atoms with van der Waals surface area (Å²) >= 11 is 1.64. The van der Waals surface area contributed by atoms with Gasteiger partial charge in [-0.15, -0.1) is 11.8 Å². The predicted molar refractivity (Wildman–Crippen MR) is 74.3 cm³/mol. The van der Waals surface area contributed by atoms with Crippen LogP contribution in [-0.2, 0) is 6.42 Å². The zero-order valence-corrected chi connectivity index (χ0v) is 11.2. The topological polar surface area (TPSA) is 42.2 Å². The van der Waals surface area contributed by atoms with Gasteiger partial charge in [0, 0.05) is 17.0 Å². The van der Waals surface area contributed by atoms with Gasteiger partial charge < -0.3 is 9.73 Å². The first-order chi connectivity index (χ1) is 8.72. The molecule has 4 heteroatoms. The minimum Gasteiger partial charge on any atom is -0.456 e. The molecule has 0 radical (unpaired) electrons. The molecular formula is C14H15NO2S. The third-order valence-corrected chi connectivity index (χ3v) is 3.29. The summed E-state index contributed by atoms with van der Waals surface area (Å²) in [5, 5.41) is 2.82. The summed E-state index contributed by atoms with van der Waals surface area (Å²) in [5.74, 6) is 0.951. The van der Waals surface area contributed by atoms with E-state index in [0.717, 1.165) is 22.8 Å². The number of benzene rings is 1. The second-order valence-corrected chi connectivity index (χ2v) is 4.69. The van der Waals surface area contributed by atoms with Crippen LogP contribution in [0, 0.1) is 0 Å². The standard InChI is InChI=1S/C14H15NO2S/c1-3-11-7-8-13(17-11)14(16)15-10-5-4-6-12(9-10)18-2/h4-9H,3H2,1-2H3,(H,15,16). The van der Waals surface area contributed by atoms with Crippen molar-refractivity contribution in [2.45, 2.75) is 18.2 Å². The van der Waals surface area contributed by atoms with E-state index in [4.69, 9.17) is 4.42 Å². The molecule has 0 bridgehead atoms. The molecule has 2 rings (SSSR count). The lowest BCUT2D eigenvalue weighted by molar-refractivity contribution is 0.0995. The Kier molecular flexibility index (Phi) is 4.10. The highest BCUT2D eigenvalue weighted by molar-refractivity contribution is 7.98. The smallest absolute Gasteiger partial charge is 0.291 e. The number of hydrogen-bond donors (Lipinski definition) is 1. The molecule has 1 aromatic heterocycles. The van der Waals surface area contributed by atoms with Gasteiger partial charge in [0.15, 0.2) is 5.76 Å². The number of aryl methyl sites for hydroxylation is 1. The molecule has 0 atom stereocenters. The molecule has 0 aliphatic heterocycles. The number of nitrogens with one attached hydrogen (secondary N) is 1. The highest BCUT2D eigenvalue weighted by Gasteiger charge is 2.10. The number of carbonyl (C=O) groups is 1. The van der Waals surface area contributed by atoms with Crippen LogP contribution < -0.4 is 5.32 Å². The number of rotatable bonds is 4. The number of anilines is 1. The monoisotopic (exact) mass is 261 g/mol. The molecule has 18 heavy (non-hydrogen) atoms. The predicted octanol–water partition coefficient (Wildman–Crippen LogP) is 3.82. The number of thioether (sulfide) groups is 1. The molecule has 1 aromatic carbocycles. The van der Waals surface area contributed by atoms with Crippen LogP contribution in [0.5, 0.6) is 0 Å². The minimum absolute atomic E-state index is 0.215. The summed E-state index contributed by atoms with van der Waals surface area (Å²) in [6, 6.07) is 11.2. The lowest BCUT2D eigenvalue weighted by atomic mass is 10.3. The highest BCUT2D eigenvalue weighted by atomic mass is 32.2. The maximum absolute atomic E-state index is 11.9. The first-order valence-electron chi connectivity index (χ1n) is 5.77. The van der Waals surface area contributed by atoms with E-state index >= 15 is 0 Å². The van der Waals surface area contributed by atoms with Gasteiger partial charge in [0.1, 0.15) is 5.76 Å². The molecule has 0 fully saturated rings. The Morgan fingerprint density at radius 2 is 2.17 bits per heavy atom. The van der Waals surface area contributed by atoms with Crippen LogP contribution >= 0.6 is 11.8 Å². The van der Waals surface area contributed by atoms with Crippen molar-refractivity contribution in [3.8, 4) is 0 Å². The number of furan rings is 1. The summed E-state index contributed by atoms with van der Waals surface area (Å²) < 4.78 is 5.41. The molecular weight excluding hydrogens is 246 g/mol. The average Bonchev–Trinajstić information content (AvgIpc) is 2.88. The molecule has 0 saturated carbocycles. The lowest BCUT2D eigenvalue weighted by Crippen LogP contribution is -2.10. The van der Waals surface area contributed by atoms with Crippen LogP contribution in [0.15, 0.2) is 45.7 Å². The minimum atomic E-state index is -0.215. The lowest BCUT2D eigenvalue weighted by Gasteiger charge is -2.04. The van der Waals surface area contributed by atoms with Crippen molar-refractivity contribution in [3.05, 3.63) is 47.9 Å². The largest absolute Gasteiger partial charge is 0.456 e. The van der Waals surface area contributed by atoms with E-state index in [1.54, 1.807) is 17.8 Å². The molecule has 1 heterocycles. The highest BCUT2D eigenvalue weighted by Crippen LogP contribution is 2.19. The van der Waals surface area contributed by atoms with Crippen LogP contribution in [0.2, 0.25) is 0 Å². The third-order valence-electron chi connectivity index (χ3n) is 2.56. The summed E-state index contributed by atoms with van der Waals surface area (Å²) in [7, 11) is 0. The normalized spacial score (nSPS) is 10.3. The van der Waals surface area contributed by atoms with Gasteiger partial charge in [0.05, 0.1) is 0 Å². The van der Waals surface area contributed by atoms with E-state index in [0.29, 0.717) is 5.76 Å². The molecule has 2 aromatic rings. The second kappa shape index (κ2) is 5.78. The Hall–Kier alpha value is -1.68. The maximum atomic E-state index is 11.9. The van der Waals surface area contributed by atoms with Gasteiger partial charge in [0.25, 0.3) is 5.91 Å². The maximum Gasteiger partial charge on any atom is 0.291 e. The summed E-state index contributed by atoms with van der Waals surface area (Å²) in [4.78, 5) is 13.0. The van der Waals surface area contributed by atoms with Gasteiger partial charge in [0.2, 0.25) is 0 Å². The Labute approximate surface area is 111 Å². The van der Waals surface area contributed by atoms with Crippen molar-refractivity contribution in [1.82, 2.24) is 0 Å². The fraction of sp³-hybridized carbons (Fsp3) is 0.214. The third kappa shape index (κ3) is 2.96. The van der Waals surface area contributed by atoms with Crippen LogP contribution in [0.25, 0.3) is 0 Å². The fourth-order valence-corrected chi connectivity index (χ4v) is 2.04. The Morgan fingerprint density at radius 3 is 2.83 bits per heavy atom. The summed E-state index contributed by atoms with van der Waals surface area (Å²) in [6.07, 6.45) is 2.79. The molecule has 0 unspecified atom stereocenters. The van der Waals surface area contributed by atoms with Gasteiger partial charge in [-0.1, -0.05) is 13.0 Å². The number of hydrogen-bond acceptors (Lipinski definition) is 3. The Balaban J connectivity index is 2.10. The average molecular weight is 261 g/mol. The van der Waals surface area contributed by atoms with Crippen molar-refractivity contribution in [1.29, 1.82) is 0 Å². The zero-order valence-electron chi connectivity index (χ0n) is 10.4. The van der Waals surface area contributed by atoms with E-state index in [2.05, 4.69) is 5.32 Å². The van der Waals surface area contributed by atoms with Crippen LogP contribution in [0.4, 0.5) is 5.69 Å². The molecule has 1 amide bonds. The van der Waals surface area contributed by atoms with E-state index < -0.39 is 0 Å². The fourth-order valence-electron chi connectivity index (χ4n) is 1.58. The molecule has 0 aliphatic rings. The van der Waals surface area contributed by atoms with Gasteiger partial charge >= 0.3 is 0 Å². The van der Waals surface area contributed by atoms with Crippen molar-refractivity contribution >= 4 is 23.4 Å². The summed E-state index contributed by atoms with van der Waals surface area (Å²) in [6.45, 7) is 1.99. The number of amides is 1. The van der Waals surface area contributed by atoms with Crippen molar-refractivity contribution in [2.24, 2.45) is 0 Å². The van der Waals surface area contributed by atoms with Crippen LogP contribution in [0.1, 0.15) is 23.2 Å². The quantitative estimate of drug-likeness (QED) is 0.851. The van der Waals surface area contributed by atoms with E-state index in [-0.39, 0.29) is 5.91 Å². The van der Waals surface area contributed by atoms with Gasteiger partial charge in [-0.3, -0.25) is 4.79 Å². The SMILES string of the molecule is CCc1ccc(C(=O)Nc2cccc(SC)c2)o1. The van der Waals surface area contributed by atoms with Crippen molar-refractivity contribution in [3.63, 3.8) is 0 Å². The van der Waals surface area contributed by atoms with Crippen LogP contribution in [-0.4, -0.2) is 12.2 Å². The molecule has 0 aliphatic carbocycles. The van der Waals surface area contributed by atoms with Gasteiger partial charge in [-0.05, 0) is 36.6 Å². The zero-order chi connectivity index (χ0) is 13.0. The Morgan fingerprint density at radius 1 is 1.33 bits per heavy atom. The first-order valence-corrected chi connectivity index (χ1v) is 6.99. The van der Waals surface area contributed by atoms with E-state index in [1.165, 1.54) is 0 Å². The Bertz CT molecular complexity index is 548. The molecule has 0 spiro atoms. The van der Waals surface area contributed by atoms with Crippen molar-refractivity contribution in [2.75, 3.05) is 11.6 Å². The van der Waals surface area contributed by atoms with Crippen molar-refractivity contribution < 1.29 is 9.21 Å². The molecule has 1 N–H and O–H groups in total. The first kappa shape index (κ1) is 12.8.